The van der Waals surface area contributed by atoms with Gasteiger partial charge in [-0.1, -0.05) is 74.9 Å². The molecule has 21 heavy (non-hydrogen) atoms. The fourth-order valence-electron chi connectivity index (χ4n) is 3.56. The molecule has 2 unspecified atom stereocenters. The highest BCUT2D eigenvalue weighted by molar-refractivity contribution is 5.39. The molecule has 0 heteroatoms. The fourth-order valence-corrected chi connectivity index (χ4v) is 3.56. The Hall–Kier alpha value is -1.56. The Kier molecular flexibility index (Phi) is 5.61. The third-order valence-electron chi connectivity index (χ3n) is 4.50. The highest BCUT2D eigenvalue weighted by Gasteiger charge is 2.29. The Bertz CT molecular complexity index is 568. The first kappa shape index (κ1) is 15.8. The second-order valence-electron chi connectivity index (χ2n) is 5.86. The maximum absolute atomic E-state index is 2.34. The molecular formula is C21H28. The minimum Gasteiger partial charge on any atom is -0.0683 e. The molecule has 1 aliphatic rings. The largest absolute Gasteiger partial charge is 0.0683 e. The van der Waals surface area contributed by atoms with Gasteiger partial charge in [-0.05, 0) is 54.7 Å². The molecule has 0 bridgehead atoms. The average molecular weight is 280 g/mol. The van der Waals surface area contributed by atoms with Crippen molar-refractivity contribution < 1.29 is 0 Å². The molecule has 0 spiro atoms. The van der Waals surface area contributed by atoms with Gasteiger partial charge in [0.05, 0.1) is 0 Å². The number of rotatable bonds is 3. The summed E-state index contributed by atoms with van der Waals surface area (Å²) in [6.07, 6.45) is 3.78. The Labute approximate surface area is 130 Å². The minimum atomic E-state index is 0.711. The van der Waals surface area contributed by atoms with Crippen LogP contribution in [0.4, 0.5) is 0 Å². The standard InChI is InChI=1S/C19H22.C2H6/c1-3-16-13-17(19-10-5-4-9-18(16)19)12-15-8-6-7-14(2)11-15;1-2/h4-11,16-17H,3,12-13H2,1-2H3;1-2H3. The summed E-state index contributed by atoms with van der Waals surface area (Å²) in [5.74, 6) is 1.48. The monoisotopic (exact) mass is 280 g/mol. The summed E-state index contributed by atoms with van der Waals surface area (Å²) in [6.45, 7) is 8.50. The van der Waals surface area contributed by atoms with Crippen LogP contribution in [0.5, 0.6) is 0 Å². The SMILES string of the molecule is CC.CCC1CC(Cc2cccc(C)c2)c2ccccc21. The van der Waals surface area contributed by atoms with Crippen LogP contribution in [0.3, 0.4) is 0 Å². The lowest BCUT2D eigenvalue weighted by Gasteiger charge is -2.12. The lowest BCUT2D eigenvalue weighted by molar-refractivity contribution is 0.573. The van der Waals surface area contributed by atoms with Crippen LogP contribution in [0.1, 0.15) is 67.7 Å². The number of hydrogen-bond acceptors (Lipinski definition) is 0. The zero-order valence-corrected chi connectivity index (χ0v) is 13.9. The molecule has 112 valence electrons. The molecule has 0 aliphatic heterocycles. The van der Waals surface area contributed by atoms with Crippen molar-refractivity contribution in [2.75, 3.05) is 0 Å². The van der Waals surface area contributed by atoms with E-state index in [9.17, 15) is 0 Å². The van der Waals surface area contributed by atoms with Crippen LogP contribution in [0.2, 0.25) is 0 Å². The van der Waals surface area contributed by atoms with Gasteiger partial charge < -0.3 is 0 Å². The van der Waals surface area contributed by atoms with E-state index in [1.54, 1.807) is 11.1 Å². The third-order valence-corrected chi connectivity index (χ3v) is 4.50. The first-order chi connectivity index (χ1) is 10.3. The van der Waals surface area contributed by atoms with Gasteiger partial charge in [0.25, 0.3) is 0 Å². The average Bonchev–Trinajstić information content (AvgIpc) is 2.88. The van der Waals surface area contributed by atoms with Crippen LogP contribution in [0.25, 0.3) is 0 Å². The van der Waals surface area contributed by atoms with Crippen molar-refractivity contribution in [3.8, 4) is 0 Å². The highest BCUT2D eigenvalue weighted by Crippen LogP contribution is 2.44. The van der Waals surface area contributed by atoms with Crippen molar-refractivity contribution in [2.45, 2.75) is 58.8 Å². The third kappa shape index (κ3) is 3.56. The molecule has 2 aromatic rings. The van der Waals surface area contributed by atoms with Gasteiger partial charge in [0, 0.05) is 0 Å². The van der Waals surface area contributed by atoms with Crippen molar-refractivity contribution in [1.82, 2.24) is 0 Å². The van der Waals surface area contributed by atoms with Crippen molar-refractivity contribution in [3.63, 3.8) is 0 Å². The van der Waals surface area contributed by atoms with Crippen LogP contribution in [0.15, 0.2) is 48.5 Å². The fraction of sp³-hybridized carbons (Fsp3) is 0.429. The van der Waals surface area contributed by atoms with E-state index in [-0.39, 0.29) is 0 Å². The Balaban J connectivity index is 0.000000774. The molecule has 0 heterocycles. The van der Waals surface area contributed by atoms with Gasteiger partial charge in [-0.15, -0.1) is 0 Å². The van der Waals surface area contributed by atoms with E-state index in [2.05, 4.69) is 62.4 Å². The van der Waals surface area contributed by atoms with Crippen molar-refractivity contribution in [2.24, 2.45) is 0 Å². The van der Waals surface area contributed by atoms with Gasteiger partial charge >= 0.3 is 0 Å². The second kappa shape index (κ2) is 7.45. The smallest absolute Gasteiger partial charge is 0.0113 e. The summed E-state index contributed by atoms with van der Waals surface area (Å²) in [5.41, 5.74) is 6.05. The number of aryl methyl sites for hydroxylation is 1. The molecule has 2 atom stereocenters. The molecule has 0 N–H and O–H groups in total. The predicted molar refractivity (Wildman–Crippen MR) is 93.1 cm³/mol. The maximum Gasteiger partial charge on any atom is -0.0113 e. The lowest BCUT2D eigenvalue weighted by Crippen LogP contribution is -1.99. The van der Waals surface area contributed by atoms with E-state index in [0.29, 0.717) is 5.92 Å². The topological polar surface area (TPSA) is 0 Å². The quantitative estimate of drug-likeness (QED) is 0.624. The number of hydrogen-bond donors (Lipinski definition) is 0. The van der Waals surface area contributed by atoms with E-state index < -0.39 is 0 Å². The van der Waals surface area contributed by atoms with Crippen molar-refractivity contribution in [1.29, 1.82) is 0 Å². The molecule has 1 aliphatic carbocycles. The summed E-state index contributed by atoms with van der Waals surface area (Å²) >= 11 is 0. The van der Waals surface area contributed by atoms with E-state index in [0.717, 1.165) is 5.92 Å². The number of benzene rings is 2. The molecule has 0 fully saturated rings. The van der Waals surface area contributed by atoms with Crippen LogP contribution in [-0.4, -0.2) is 0 Å². The molecule has 0 saturated heterocycles. The first-order valence-corrected chi connectivity index (χ1v) is 8.42. The first-order valence-electron chi connectivity index (χ1n) is 8.42. The second-order valence-corrected chi connectivity index (χ2v) is 5.86. The van der Waals surface area contributed by atoms with E-state index in [1.165, 1.54) is 30.4 Å². The van der Waals surface area contributed by atoms with E-state index in [4.69, 9.17) is 0 Å². The van der Waals surface area contributed by atoms with Gasteiger partial charge in [-0.2, -0.15) is 0 Å². The Morgan fingerprint density at radius 2 is 1.57 bits per heavy atom. The minimum absolute atomic E-state index is 0.711. The van der Waals surface area contributed by atoms with Crippen molar-refractivity contribution >= 4 is 0 Å². The lowest BCUT2D eigenvalue weighted by atomic mass is 9.92. The van der Waals surface area contributed by atoms with Crippen LogP contribution >= 0.6 is 0 Å². The van der Waals surface area contributed by atoms with Gasteiger partial charge in [-0.3, -0.25) is 0 Å². The molecule has 0 aromatic heterocycles. The Morgan fingerprint density at radius 3 is 2.19 bits per heavy atom. The summed E-state index contributed by atoms with van der Waals surface area (Å²) in [7, 11) is 0. The summed E-state index contributed by atoms with van der Waals surface area (Å²) < 4.78 is 0. The molecule has 0 nitrogen and oxygen atoms in total. The zero-order chi connectivity index (χ0) is 15.2. The van der Waals surface area contributed by atoms with Crippen LogP contribution in [0, 0.1) is 6.92 Å². The van der Waals surface area contributed by atoms with Crippen LogP contribution < -0.4 is 0 Å². The predicted octanol–water partition coefficient (Wildman–Crippen LogP) is 6.24. The normalized spacial score (nSPS) is 19.6. The molecular weight excluding hydrogens is 252 g/mol. The van der Waals surface area contributed by atoms with Crippen molar-refractivity contribution in [3.05, 3.63) is 70.8 Å². The molecule has 0 radical (unpaired) electrons. The van der Waals surface area contributed by atoms with Gasteiger partial charge in [0.1, 0.15) is 0 Å². The number of fused-ring (bicyclic) bond motifs is 1. The van der Waals surface area contributed by atoms with Gasteiger partial charge in [-0.25, -0.2) is 0 Å². The van der Waals surface area contributed by atoms with E-state index >= 15 is 0 Å². The molecule has 3 rings (SSSR count). The van der Waals surface area contributed by atoms with Gasteiger partial charge in [0.15, 0.2) is 0 Å². The van der Waals surface area contributed by atoms with E-state index in [1.807, 2.05) is 13.8 Å². The summed E-state index contributed by atoms with van der Waals surface area (Å²) in [5, 5.41) is 0. The summed E-state index contributed by atoms with van der Waals surface area (Å²) in [6, 6.07) is 18.0. The molecule has 0 amide bonds. The molecule has 2 aromatic carbocycles. The summed E-state index contributed by atoms with van der Waals surface area (Å²) in [4.78, 5) is 0. The van der Waals surface area contributed by atoms with Crippen LogP contribution in [-0.2, 0) is 6.42 Å². The zero-order valence-electron chi connectivity index (χ0n) is 13.9. The van der Waals surface area contributed by atoms with Gasteiger partial charge in [0.2, 0.25) is 0 Å². The Morgan fingerprint density at radius 1 is 0.905 bits per heavy atom. The highest BCUT2D eigenvalue weighted by atomic mass is 14.3. The maximum atomic E-state index is 2.34. The molecule has 0 saturated carbocycles.